The molecule has 2 aromatic carbocycles. The number of rotatable bonds is 2. The molecule has 3 heteroatoms. The van der Waals surface area contributed by atoms with E-state index in [9.17, 15) is 5.11 Å². The van der Waals surface area contributed by atoms with Gasteiger partial charge in [-0.2, -0.15) is 0 Å². The average Bonchev–Trinajstić information content (AvgIpc) is 2.46. The molecule has 0 saturated heterocycles. The first-order valence-corrected chi connectivity index (χ1v) is 6.60. The van der Waals surface area contributed by atoms with E-state index in [-0.39, 0.29) is 0 Å². The van der Waals surface area contributed by atoms with Gasteiger partial charge in [-0.05, 0) is 30.7 Å². The molecule has 0 spiro atoms. The lowest BCUT2D eigenvalue weighted by Gasteiger charge is -2.16. The molecule has 20 heavy (non-hydrogen) atoms. The Kier molecular flexibility index (Phi) is 2.99. The zero-order valence-electron chi connectivity index (χ0n) is 11.5. The Bertz CT molecular complexity index is 755. The second-order valence-electron chi connectivity index (χ2n) is 5.35. The van der Waals surface area contributed by atoms with Gasteiger partial charge in [-0.3, -0.25) is 0 Å². The van der Waals surface area contributed by atoms with Crippen LogP contribution in [0.25, 0.3) is 22.0 Å². The largest absolute Gasteiger partial charge is 0.382 e. The van der Waals surface area contributed by atoms with Crippen molar-refractivity contribution in [1.82, 2.24) is 9.97 Å². The van der Waals surface area contributed by atoms with E-state index in [1.54, 1.807) is 20.0 Å². The van der Waals surface area contributed by atoms with Crippen LogP contribution in [-0.2, 0) is 5.60 Å². The quantitative estimate of drug-likeness (QED) is 0.770. The van der Waals surface area contributed by atoms with Crippen molar-refractivity contribution in [3.8, 4) is 11.3 Å². The summed E-state index contributed by atoms with van der Waals surface area (Å²) < 4.78 is 0. The lowest BCUT2D eigenvalue weighted by Crippen LogP contribution is -2.19. The second kappa shape index (κ2) is 4.69. The number of hydrogen-bond donors (Lipinski definition) is 1. The average molecular weight is 264 g/mol. The van der Waals surface area contributed by atoms with Crippen LogP contribution in [0.1, 0.15) is 19.7 Å². The number of benzene rings is 2. The molecule has 0 bridgehead atoms. The Labute approximate surface area is 117 Å². The summed E-state index contributed by atoms with van der Waals surface area (Å²) in [5, 5.41) is 12.4. The van der Waals surface area contributed by atoms with Crippen molar-refractivity contribution in [2.75, 3.05) is 0 Å². The molecule has 0 amide bonds. The number of aliphatic hydroxyl groups is 1. The molecule has 0 aliphatic carbocycles. The van der Waals surface area contributed by atoms with E-state index in [0.29, 0.717) is 5.82 Å². The van der Waals surface area contributed by atoms with Gasteiger partial charge in [0.15, 0.2) is 5.82 Å². The fraction of sp³-hybridized carbons (Fsp3) is 0.176. The Balaban J connectivity index is 2.21. The van der Waals surface area contributed by atoms with Crippen LogP contribution >= 0.6 is 0 Å². The minimum absolute atomic E-state index is 0.433. The third-order valence-corrected chi connectivity index (χ3v) is 3.27. The van der Waals surface area contributed by atoms with Crippen molar-refractivity contribution in [1.29, 1.82) is 0 Å². The molecular formula is C17H16N2O. The molecule has 1 aromatic heterocycles. The van der Waals surface area contributed by atoms with Crippen LogP contribution in [0.15, 0.2) is 54.7 Å². The third kappa shape index (κ3) is 2.28. The molecule has 0 aliphatic rings. The number of nitrogens with zero attached hydrogens (tertiary/aromatic N) is 2. The molecule has 3 aromatic rings. The second-order valence-corrected chi connectivity index (χ2v) is 5.35. The summed E-state index contributed by atoms with van der Waals surface area (Å²) in [4.78, 5) is 8.66. The number of fused-ring (bicyclic) bond motifs is 1. The zero-order valence-corrected chi connectivity index (χ0v) is 11.5. The highest BCUT2D eigenvalue weighted by Crippen LogP contribution is 2.28. The van der Waals surface area contributed by atoms with Gasteiger partial charge in [0, 0.05) is 11.8 Å². The van der Waals surface area contributed by atoms with Crippen LogP contribution in [0.3, 0.4) is 0 Å². The SMILES string of the molecule is CC(C)(O)c1nccc(-c2cccc3ccccc23)n1. The molecule has 0 radical (unpaired) electrons. The van der Waals surface area contributed by atoms with Gasteiger partial charge >= 0.3 is 0 Å². The molecule has 0 saturated carbocycles. The van der Waals surface area contributed by atoms with Crippen molar-refractivity contribution in [3.05, 3.63) is 60.6 Å². The first-order chi connectivity index (χ1) is 9.55. The van der Waals surface area contributed by atoms with Gasteiger partial charge in [0.1, 0.15) is 5.60 Å². The molecule has 0 aliphatic heterocycles. The fourth-order valence-corrected chi connectivity index (χ4v) is 2.25. The van der Waals surface area contributed by atoms with Crippen LogP contribution in [0.4, 0.5) is 0 Å². The predicted octanol–water partition coefficient (Wildman–Crippen LogP) is 3.52. The summed E-state index contributed by atoms with van der Waals surface area (Å²) in [6, 6.07) is 16.2. The van der Waals surface area contributed by atoms with Gasteiger partial charge in [0.05, 0.1) is 5.69 Å². The standard InChI is InChI=1S/C17H16N2O/c1-17(2,20)16-18-11-10-15(19-16)14-9-5-7-12-6-3-4-8-13(12)14/h3-11,20H,1-2H3. The first-order valence-electron chi connectivity index (χ1n) is 6.60. The first kappa shape index (κ1) is 12.8. The number of aromatic nitrogens is 2. The highest BCUT2D eigenvalue weighted by atomic mass is 16.3. The molecule has 0 unspecified atom stereocenters. The van der Waals surface area contributed by atoms with Crippen LogP contribution < -0.4 is 0 Å². The topological polar surface area (TPSA) is 46.0 Å². The Morgan fingerprint density at radius 2 is 1.70 bits per heavy atom. The maximum atomic E-state index is 10.0. The summed E-state index contributed by atoms with van der Waals surface area (Å²) in [5.41, 5.74) is 0.838. The monoisotopic (exact) mass is 264 g/mol. The van der Waals surface area contributed by atoms with Crippen molar-refractivity contribution in [3.63, 3.8) is 0 Å². The maximum Gasteiger partial charge on any atom is 0.159 e. The van der Waals surface area contributed by atoms with Gasteiger partial charge in [0.2, 0.25) is 0 Å². The van der Waals surface area contributed by atoms with Crippen LogP contribution in [0.2, 0.25) is 0 Å². The Hall–Kier alpha value is -2.26. The molecule has 1 heterocycles. The Morgan fingerprint density at radius 1 is 0.950 bits per heavy atom. The van der Waals surface area contributed by atoms with E-state index in [0.717, 1.165) is 16.6 Å². The molecule has 0 atom stereocenters. The summed E-state index contributed by atoms with van der Waals surface area (Å²) in [7, 11) is 0. The molecule has 3 rings (SSSR count). The fourth-order valence-electron chi connectivity index (χ4n) is 2.25. The van der Waals surface area contributed by atoms with E-state index < -0.39 is 5.60 Å². The van der Waals surface area contributed by atoms with Gasteiger partial charge < -0.3 is 5.11 Å². The van der Waals surface area contributed by atoms with Gasteiger partial charge in [-0.15, -0.1) is 0 Å². The highest BCUT2D eigenvalue weighted by molar-refractivity contribution is 5.95. The van der Waals surface area contributed by atoms with E-state index in [4.69, 9.17) is 0 Å². The zero-order chi connectivity index (χ0) is 14.2. The third-order valence-electron chi connectivity index (χ3n) is 3.27. The van der Waals surface area contributed by atoms with Crippen molar-refractivity contribution >= 4 is 10.8 Å². The molecular weight excluding hydrogens is 248 g/mol. The number of hydrogen-bond acceptors (Lipinski definition) is 3. The van der Waals surface area contributed by atoms with Crippen LogP contribution in [-0.4, -0.2) is 15.1 Å². The van der Waals surface area contributed by atoms with Crippen molar-refractivity contribution < 1.29 is 5.11 Å². The summed E-state index contributed by atoms with van der Waals surface area (Å²) in [6.07, 6.45) is 1.69. The molecule has 1 N–H and O–H groups in total. The van der Waals surface area contributed by atoms with Crippen LogP contribution in [0, 0.1) is 0 Å². The highest BCUT2D eigenvalue weighted by Gasteiger charge is 2.20. The lowest BCUT2D eigenvalue weighted by atomic mass is 10.0. The molecule has 100 valence electrons. The normalized spacial score (nSPS) is 11.8. The van der Waals surface area contributed by atoms with Gasteiger partial charge in [-0.1, -0.05) is 42.5 Å². The minimum atomic E-state index is -1.04. The van der Waals surface area contributed by atoms with E-state index in [2.05, 4.69) is 28.2 Å². The molecule has 3 nitrogen and oxygen atoms in total. The van der Waals surface area contributed by atoms with Crippen LogP contribution in [0.5, 0.6) is 0 Å². The molecule has 0 fully saturated rings. The van der Waals surface area contributed by atoms with E-state index in [1.165, 1.54) is 5.39 Å². The maximum absolute atomic E-state index is 10.0. The Morgan fingerprint density at radius 3 is 2.50 bits per heavy atom. The predicted molar refractivity (Wildman–Crippen MR) is 80.2 cm³/mol. The van der Waals surface area contributed by atoms with Gasteiger partial charge in [-0.25, -0.2) is 9.97 Å². The summed E-state index contributed by atoms with van der Waals surface area (Å²) in [6.45, 7) is 3.38. The van der Waals surface area contributed by atoms with E-state index in [1.807, 2.05) is 30.3 Å². The lowest BCUT2D eigenvalue weighted by molar-refractivity contribution is 0.0688. The summed E-state index contributed by atoms with van der Waals surface area (Å²) >= 11 is 0. The minimum Gasteiger partial charge on any atom is -0.382 e. The smallest absolute Gasteiger partial charge is 0.159 e. The summed E-state index contributed by atoms with van der Waals surface area (Å²) in [5.74, 6) is 0.433. The van der Waals surface area contributed by atoms with Gasteiger partial charge in [0.25, 0.3) is 0 Å². The van der Waals surface area contributed by atoms with Crippen molar-refractivity contribution in [2.45, 2.75) is 19.4 Å². The van der Waals surface area contributed by atoms with E-state index >= 15 is 0 Å². The van der Waals surface area contributed by atoms with Crippen molar-refractivity contribution in [2.24, 2.45) is 0 Å².